The maximum atomic E-state index is 12.1. The van der Waals surface area contributed by atoms with Crippen LogP contribution in [0.4, 0.5) is 5.13 Å². The van der Waals surface area contributed by atoms with Gasteiger partial charge in [0.25, 0.3) is 5.91 Å². The lowest BCUT2D eigenvalue weighted by atomic mass is 9.86. The Morgan fingerprint density at radius 2 is 2.08 bits per heavy atom. The zero-order valence-electron chi connectivity index (χ0n) is 15.1. The average molecular weight is 426 g/mol. The molecule has 0 aliphatic rings. The lowest BCUT2D eigenvalue weighted by Gasteiger charge is -2.23. The van der Waals surface area contributed by atoms with Crippen LogP contribution in [0.1, 0.15) is 51.1 Å². The molecule has 0 aliphatic carbocycles. The molecule has 0 saturated carbocycles. The highest BCUT2D eigenvalue weighted by Crippen LogP contribution is 2.33. The first kappa shape index (κ1) is 19.8. The summed E-state index contributed by atoms with van der Waals surface area (Å²) in [7, 11) is 0. The standard InChI is InChI=1S/C18H24BrN3O2S/c1-5-6-7-16-21-22-17(25-16)20-15(23)11-24-14-9-8-12(19)10-13(14)18(2,3)4/h8-10H,5-7,11H2,1-4H3,(H,20,22,23). The molecule has 1 N–H and O–H groups in total. The third kappa shape index (κ3) is 6.08. The molecule has 7 heteroatoms. The molecule has 0 fully saturated rings. The third-order valence-corrected chi connectivity index (χ3v) is 4.96. The highest BCUT2D eigenvalue weighted by atomic mass is 79.9. The van der Waals surface area contributed by atoms with Crippen LogP contribution in [0.3, 0.4) is 0 Å². The number of amides is 1. The van der Waals surface area contributed by atoms with Crippen LogP contribution in [0.5, 0.6) is 5.75 Å². The second-order valence-electron chi connectivity index (χ2n) is 6.83. The third-order valence-electron chi connectivity index (χ3n) is 3.57. The Morgan fingerprint density at radius 1 is 1.32 bits per heavy atom. The molecule has 1 aromatic carbocycles. The van der Waals surface area contributed by atoms with Crippen LogP contribution in [0.2, 0.25) is 0 Å². The van der Waals surface area contributed by atoms with Gasteiger partial charge in [-0.25, -0.2) is 0 Å². The molecular weight excluding hydrogens is 402 g/mol. The second-order valence-corrected chi connectivity index (χ2v) is 8.81. The Morgan fingerprint density at radius 3 is 2.76 bits per heavy atom. The summed E-state index contributed by atoms with van der Waals surface area (Å²) in [4.78, 5) is 12.1. The molecule has 0 saturated heterocycles. The number of aromatic nitrogens is 2. The number of nitrogens with one attached hydrogen (secondary N) is 1. The highest BCUT2D eigenvalue weighted by Gasteiger charge is 2.20. The van der Waals surface area contributed by atoms with E-state index in [1.165, 1.54) is 11.3 Å². The Kier molecular flexibility index (Phi) is 6.95. The molecule has 1 amide bonds. The quantitative estimate of drug-likeness (QED) is 0.680. The molecular formula is C18H24BrN3O2S. The van der Waals surface area contributed by atoms with Crippen molar-refractivity contribution >= 4 is 38.3 Å². The minimum absolute atomic E-state index is 0.0609. The molecule has 2 rings (SSSR count). The van der Waals surface area contributed by atoms with E-state index in [1.54, 1.807) is 0 Å². The summed E-state index contributed by atoms with van der Waals surface area (Å²) >= 11 is 4.90. The van der Waals surface area contributed by atoms with Gasteiger partial charge in [-0.15, -0.1) is 10.2 Å². The maximum absolute atomic E-state index is 12.1. The van der Waals surface area contributed by atoms with Crippen molar-refractivity contribution in [1.82, 2.24) is 10.2 Å². The first-order chi connectivity index (χ1) is 11.8. The van der Waals surface area contributed by atoms with Crippen molar-refractivity contribution in [2.45, 2.75) is 52.4 Å². The molecule has 25 heavy (non-hydrogen) atoms. The van der Waals surface area contributed by atoms with Crippen LogP contribution in [-0.2, 0) is 16.6 Å². The fourth-order valence-electron chi connectivity index (χ4n) is 2.25. The first-order valence-electron chi connectivity index (χ1n) is 8.34. The Balaban J connectivity index is 1.95. The SMILES string of the molecule is CCCCc1nnc(NC(=O)COc2ccc(Br)cc2C(C)(C)C)s1. The van der Waals surface area contributed by atoms with E-state index < -0.39 is 0 Å². The van der Waals surface area contributed by atoms with Crippen LogP contribution < -0.4 is 10.1 Å². The van der Waals surface area contributed by atoms with Gasteiger partial charge in [-0.1, -0.05) is 61.4 Å². The number of carbonyl (C=O) groups excluding carboxylic acids is 1. The van der Waals surface area contributed by atoms with Crippen molar-refractivity contribution in [2.75, 3.05) is 11.9 Å². The Hall–Kier alpha value is -1.47. The van der Waals surface area contributed by atoms with Crippen molar-refractivity contribution in [1.29, 1.82) is 0 Å². The monoisotopic (exact) mass is 425 g/mol. The van der Waals surface area contributed by atoms with E-state index in [0.717, 1.165) is 34.3 Å². The number of anilines is 1. The molecule has 1 heterocycles. The number of benzene rings is 1. The van der Waals surface area contributed by atoms with E-state index in [0.29, 0.717) is 10.9 Å². The molecule has 0 aliphatic heterocycles. The van der Waals surface area contributed by atoms with E-state index >= 15 is 0 Å². The predicted molar refractivity (Wildman–Crippen MR) is 105 cm³/mol. The predicted octanol–water partition coefficient (Wildman–Crippen LogP) is 4.96. The maximum Gasteiger partial charge on any atom is 0.264 e. The minimum atomic E-state index is -0.235. The normalized spacial score (nSPS) is 11.4. The molecule has 0 radical (unpaired) electrons. The number of hydrogen-bond donors (Lipinski definition) is 1. The van der Waals surface area contributed by atoms with E-state index in [9.17, 15) is 4.79 Å². The van der Waals surface area contributed by atoms with Crippen molar-refractivity contribution in [3.8, 4) is 5.75 Å². The van der Waals surface area contributed by atoms with E-state index in [1.807, 2.05) is 18.2 Å². The molecule has 2 aromatic rings. The van der Waals surface area contributed by atoms with Gasteiger partial charge >= 0.3 is 0 Å². The number of nitrogens with zero attached hydrogens (tertiary/aromatic N) is 2. The summed E-state index contributed by atoms with van der Waals surface area (Å²) in [5, 5.41) is 12.3. The zero-order chi connectivity index (χ0) is 18.4. The smallest absolute Gasteiger partial charge is 0.264 e. The summed E-state index contributed by atoms with van der Waals surface area (Å²) in [6.45, 7) is 8.41. The summed E-state index contributed by atoms with van der Waals surface area (Å²) in [6, 6.07) is 5.82. The van der Waals surface area contributed by atoms with Gasteiger partial charge in [0.05, 0.1) is 0 Å². The topological polar surface area (TPSA) is 64.1 Å². The van der Waals surface area contributed by atoms with E-state index in [-0.39, 0.29) is 17.9 Å². The van der Waals surface area contributed by atoms with Crippen molar-refractivity contribution in [2.24, 2.45) is 0 Å². The van der Waals surface area contributed by atoms with Crippen molar-refractivity contribution < 1.29 is 9.53 Å². The lowest BCUT2D eigenvalue weighted by Crippen LogP contribution is -2.22. The molecule has 0 spiro atoms. The minimum Gasteiger partial charge on any atom is -0.483 e. The van der Waals surface area contributed by atoms with Gasteiger partial charge in [0.15, 0.2) is 6.61 Å². The van der Waals surface area contributed by atoms with E-state index in [4.69, 9.17) is 4.74 Å². The Labute approximate surface area is 161 Å². The number of carbonyl (C=O) groups is 1. The summed E-state index contributed by atoms with van der Waals surface area (Å²) in [5.41, 5.74) is 0.968. The summed E-state index contributed by atoms with van der Waals surface area (Å²) < 4.78 is 6.74. The van der Waals surface area contributed by atoms with Gasteiger partial charge in [0.1, 0.15) is 10.8 Å². The molecule has 0 atom stereocenters. The summed E-state index contributed by atoms with van der Waals surface area (Å²) in [6.07, 6.45) is 3.08. The zero-order valence-corrected chi connectivity index (χ0v) is 17.5. The number of halogens is 1. The number of ether oxygens (including phenoxy) is 1. The van der Waals surface area contributed by atoms with E-state index in [2.05, 4.69) is 59.1 Å². The number of hydrogen-bond acceptors (Lipinski definition) is 5. The van der Waals surface area contributed by atoms with Gasteiger partial charge in [-0.3, -0.25) is 10.1 Å². The molecule has 5 nitrogen and oxygen atoms in total. The van der Waals surface area contributed by atoms with Gasteiger partial charge < -0.3 is 4.74 Å². The Bertz CT molecular complexity index is 725. The van der Waals surface area contributed by atoms with Gasteiger partial charge in [-0.2, -0.15) is 0 Å². The van der Waals surface area contributed by atoms with Crippen LogP contribution >= 0.6 is 27.3 Å². The number of unbranched alkanes of at least 4 members (excludes halogenated alkanes) is 1. The fourth-order valence-corrected chi connectivity index (χ4v) is 3.40. The van der Waals surface area contributed by atoms with Crippen LogP contribution in [-0.4, -0.2) is 22.7 Å². The van der Waals surface area contributed by atoms with Crippen molar-refractivity contribution in [3.63, 3.8) is 0 Å². The van der Waals surface area contributed by atoms with Gasteiger partial charge in [0.2, 0.25) is 5.13 Å². The van der Waals surface area contributed by atoms with Gasteiger partial charge in [-0.05, 0) is 30.0 Å². The number of aryl methyl sites for hydroxylation is 1. The first-order valence-corrected chi connectivity index (χ1v) is 9.95. The van der Waals surface area contributed by atoms with Gasteiger partial charge in [0, 0.05) is 16.5 Å². The molecule has 1 aromatic heterocycles. The molecule has 0 unspecified atom stereocenters. The fraction of sp³-hybridized carbons (Fsp3) is 0.500. The van der Waals surface area contributed by atoms with Crippen LogP contribution in [0.25, 0.3) is 0 Å². The second kappa shape index (κ2) is 8.76. The highest BCUT2D eigenvalue weighted by molar-refractivity contribution is 9.10. The number of rotatable bonds is 7. The average Bonchev–Trinajstić information content (AvgIpc) is 2.98. The summed E-state index contributed by atoms with van der Waals surface area (Å²) in [5.74, 6) is 0.479. The molecule has 0 bridgehead atoms. The largest absolute Gasteiger partial charge is 0.483 e. The lowest BCUT2D eigenvalue weighted by molar-refractivity contribution is -0.118. The van der Waals surface area contributed by atoms with Crippen LogP contribution in [0.15, 0.2) is 22.7 Å². The van der Waals surface area contributed by atoms with Crippen LogP contribution in [0, 0.1) is 0 Å². The van der Waals surface area contributed by atoms with Crippen molar-refractivity contribution in [3.05, 3.63) is 33.2 Å². The molecule has 136 valence electrons.